The van der Waals surface area contributed by atoms with Crippen molar-refractivity contribution >= 4 is 5.69 Å². The topological polar surface area (TPSA) is 15.3 Å². The molecular weight excluding hydrogens is 244 g/mol. The molecule has 1 N–H and O–H groups in total. The van der Waals surface area contributed by atoms with Gasteiger partial charge in [-0.05, 0) is 37.1 Å². The Bertz CT molecular complexity index is 360. The Morgan fingerprint density at radius 1 is 1.05 bits per heavy atom. The Morgan fingerprint density at radius 3 is 2.50 bits per heavy atom. The third kappa shape index (κ3) is 5.96. The first-order chi connectivity index (χ1) is 9.69. The third-order valence-electron chi connectivity index (χ3n) is 3.78. The molecule has 1 aromatic carbocycles. The zero-order chi connectivity index (χ0) is 14.8. The average molecular weight is 276 g/mol. The van der Waals surface area contributed by atoms with Gasteiger partial charge in [-0.25, -0.2) is 0 Å². The highest BCUT2D eigenvalue weighted by Crippen LogP contribution is 2.24. The van der Waals surface area contributed by atoms with E-state index in [0.29, 0.717) is 6.04 Å². The van der Waals surface area contributed by atoms with E-state index in [1.807, 2.05) is 0 Å². The van der Waals surface area contributed by atoms with Crippen molar-refractivity contribution in [2.24, 2.45) is 0 Å². The van der Waals surface area contributed by atoms with E-state index in [9.17, 15) is 0 Å². The molecule has 20 heavy (non-hydrogen) atoms. The van der Waals surface area contributed by atoms with E-state index in [4.69, 9.17) is 0 Å². The molecule has 0 bridgehead atoms. The van der Waals surface area contributed by atoms with Crippen molar-refractivity contribution in [3.63, 3.8) is 0 Å². The van der Waals surface area contributed by atoms with Gasteiger partial charge in [0, 0.05) is 25.8 Å². The van der Waals surface area contributed by atoms with Crippen molar-refractivity contribution in [3.8, 4) is 0 Å². The SMILES string of the molecule is CCCCCCC(NCCC)c1cccc(N(C)C)c1. The van der Waals surface area contributed by atoms with Crippen LogP contribution in [0.3, 0.4) is 0 Å². The highest BCUT2D eigenvalue weighted by atomic mass is 15.1. The second-order valence-electron chi connectivity index (χ2n) is 5.85. The number of nitrogens with one attached hydrogen (secondary N) is 1. The van der Waals surface area contributed by atoms with Crippen molar-refractivity contribution in [2.75, 3.05) is 25.5 Å². The molecule has 0 aromatic heterocycles. The van der Waals surface area contributed by atoms with Gasteiger partial charge < -0.3 is 10.2 Å². The van der Waals surface area contributed by atoms with Gasteiger partial charge in [0.25, 0.3) is 0 Å². The zero-order valence-electron chi connectivity index (χ0n) is 13.8. The minimum Gasteiger partial charge on any atom is -0.378 e. The molecule has 0 radical (unpaired) electrons. The molecule has 2 nitrogen and oxygen atoms in total. The van der Waals surface area contributed by atoms with Crippen LogP contribution in [0.15, 0.2) is 24.3 Å². The zero-order valence-corrected chi connectivity index (χ0v) is 13.8. The van der Waals surface area contributed by atoms with Gasteiger partial charge in [0.15, 0.2) is 0 Å². The molecule has 0 saturated heterocycles. The van der Waals surface area contributed by atoms with Crippen LogP contribution in [-0.4, -0.2) is 20.6 Å². The van der Waals surface area contributed by atoms with E-state index in [1.54, 1.807) is 0 Å². The lowest BCUT2D eigenvalue weighted by Gasteiger charge is -2.21. The van der Waals surface area contributed by atoms with Gasteiger partial charge in [-0.1, -0.05) is 51.7 Å². The Kier molecular flexibility index (Phi) is 8.36. The quantitative estimate of drug-likeness (QED) is 0.620. The molecule has 0 heterocycles. The van der Waals surface area contributed by atoms with Gasteiger partial charge in [0.05, 0.1) is 0 Å². The number of benzene rings is 1. The molecule has 0 aliphatic rings. The fraction of sp³-hybridized carbons (Fsp3) is 0.667. The maximum Gasteiger partial charge on any atom is 0.0364 e. The summed E-state index contributed by atoms with van der Waals surface area (Å²) in [5.74, 6) is 0. The van der Waals surface area contributed by atoms with Gasteiger partial charge >= 0.3 is 0 Å². The number of hydrogen-bond acceptors (Lipinski definition) is 2. The van der Waals surface area contributed by atoms with Gasteiger partial charge in [0.1, 0.15) is 0 Å². The van der Waals surface area contributed by atoms with Gasteiger partial charge in [-0.3, -0.25) is 0 Å². The first-order valence-corrected chi connectivity index (χ1v) is 8.19. The smallest absolute Gasteiger partial charge is 0.0364 e. The van der Waals surface area contributed by atoms with E-state index >= 15 is 0 Å². The Morgan fingerprint density at radius 2 is 1.85 bits per heavy atom. The fourth-order valence-corrected chi connectivity index (χ4v) is 2.50. The summed E-state index contributed by atoms with van der Waals surface area (Å²) in [6, 6.07) is 9.45. The van der Waals surface area contributed by atoms with Crippen LogP contribution in [-0.2, 0) is 0 Å². The summed E-state index contributed by atoms with van der Waals surface area (Å²) in [5.41, 5.74) is 2.72. The van der Waals surface area contributed by atoms with Crippen molar-refractivity contribution in [1.82, 2.24) is 5.32 Å². The summed E-state index contributed by atoms with van der Waals surface area (Å²) in [7, 11) is 4.21. The first kappa shape index (κ1) is 17.0. The number of anilines is 1. The maximum absolute atomic E-state index is 3.71. The highest BCUT2D eigenvalue weighted by molar-refractivity contribution is 5.47. The Labute approximate surface area is 125 Å². The lowest BCUT2D eigenvalue weighted by molar-refractivity contribution is 0.470. The van der Waals surface area contributed by atoms with Crippen LogP contribution in [0.1, 0.15) is 64.0 Å². The normalized spacial score (nSPS) is 12.4. The minimum atomic E-state index is 0.506. The number of nitrogens with zero attached hydrogens (tertiary/aromatic N) is 1. The average Bonchev–Trinajstić information content (AvgIpc) is 2.46. The van der Waals surface area contributed by atoms with E-state index in [-0.39, 0.29) is 0 Å². The molecule has 114 valence electrons. The second kappa shape index (κ2) is 9.82. The standard InChI is InChI=1S/C18H32N2/c1-5-7-8-9-13-18(19-14-6-2)16-11-10-12-17(15-16)20(3)4/h10-12,15,18-19H,5-9,13-14H2,1-4H3. The number of unbranched alkanes of at least 4 members (excludes halogenated alkanes) is 3. The molecule has 1 aromatic rings. The summed E-state index contributed by atoms with van der Waals surface area (Å²) in [6.07, 6.45) is 7.78. The second-order valence-corrected chi connectivity index (χ2v) is 5.85. The minimum absolute atomic E-state index is 0.506. The van der Waals surface area contributed by atoms with Crippen LogP contribution >= 0.6 is 0 Å². The molecule has 0 aliphatic carbocycles. The van der Waals surface area contributed by atoms with E-state index in [1.165, 1.54) is 49.8 Å². The third-order valence-corrected chi connectivity index (χ3v) is 3.78. The van der Waals surface area contributed by atoms with E-state index < -0.39 is 0 Å². The molecule has 0 spiro atoms. The number of hydrogen-bond donors (Lipinski definition) is 1. The molecule has 0 saturated carbocycles. The first-order valence-electron chi connectivity index (χ1n) is 8.19. The molecule has 0 fully saturated rings. The van der Waals surface area contributed by atoms with Crippen LogP contribution in [0.25, 0.3) is 0 Å². The summed E-state index contributed by atoms with van der Waals surface area (Å²) in [4.78, 5) is 2.18. The van der Waals surface area contributed by atoms with Crippen LogP contribution < -0.4 is 10.2 Å². The van der Waals surface area contributed by atoms with Crippen LogP contribution in [0.4, 0.5) is 5.69 Å². The summed E-state index contributed by atoms with van der Waals surface area (Å²) in [5, 5.41) is 3.71. The molecule has 1 unspecified atom stereocenters. The summed E-state index contributed by atoms with van der Waals surface area (Å²) < 4.78 is 0. The van der Waals surface area contributed by atoms with Crippen LogP contribution in [0, 0.1) is 0 Å². The molecule has 1 atom stereocenters. The highest BCUT2D eigenvalue weighted by Gasteiger charge is 2.11. The summed E-state index contributed by atoms with van der Waals surface area (Å²) >= 11 is 0. The van der Waals surface area contributed by atoms with Crippen LogP contribution in [0.5, 0.6) is 0 Å². The molecular formula is C18H32N2. The van der Waals surface area contributed by atoms with E-state index in [2.05, 4.69) is 62.4 Å². The summed E-state index contributed by atoms with van der Waals surface area (Å²) in [6.45, 7) is 5.61. The molecule has 0 amide bonds. The fourth-order valence-electron chi connectivity index (χ4n) is 2.50. The van der Waals surface area contributed by atoms with Crippen molar-refractivity contribution < 1.29 is 0 Å². The van der Waals surface area contributed by atoms with Crippen molar-refractivity contribution in [3.05, 3.63) is 29.8 Å². The molecule has 0 aliphatic heterocycles. The Hall–Kier alpha value is -1.02. The predicted octanol–water partition coefficient (Wildman–Crippen LogP) is 4.76. The van der Waals surface area contributed by atoms with E-state index in [0.717, 1.165) is 6.54 Å². The van der Waals surface area contributed by atoms with Crippen molar-refractivity contribution in [1.29, 1.82) is 0 Å². The Balaban J connectivity index is 2.67. The van der Waals surface area contributed by atoms with Gasteiger partial charge in [-0.2, -0.15) is 0 Å². The lowest BCUT2D eigenvalue weighted by atomic mass is 9.99. The lowest BCUT2D eigenvalue weighted by Crippen LogP contribution is -2.22. The number of rotatable bonds is 10. The molecule has 2 heteroatoms. The van der Waals surface area contributed by atoms with Crippen molar-refractivity contribution in [2.45, 2.75) is 58.4 Å². The largest absolute Gasteiger partial charge is 0.378 e. The van der Waals surface area contributed by atoms with Crippen LogP contribution in [0.2, 0.25) is 0 Å². The monoisotopic (exact) mass is 276 g/mol. The van der Waals surface area contributed by atoms with Gasteiger partial charge in [0.2, 0.25) is 0 Å². The molecule has 1 rings (SSSR count). The predicted molar refractivity (Wildman–Crippen MR) is 90.6 cm³/mol. The maximum atomic E-state index is 3.71. The van der Waals surface area contributed by atoms with Gasteiger partial charge in [-0.15, -0.1) is 0 Å².